The fourth-order valence-electron chi connectivity index (χ4n) is 3.44. The molecule has 1 amide bonds. The highest BCUT2D eigenvalue weighted by Crippen LogP contribution is 2.30. The molecule has 0 aliphatic heterocycles. The van der Waals surface area contributed by atoms with Crippen molar-refractivity contribution in [2.75, 3.05) is 0 Å². The summed E-state index contributed by atoms with van der Waals surface area (Å²) < 4.78 is 0.756. The largest absolute Gasteiger partial charge is 0.348 e. The van der Waals surface area contributed by atoms with Crippen LogP contribution in [0.3, 0.4) is 0 Å². The fourth-order valence-corrected chi connectivity index (χ4v) is 4.59. The third-order valence-corrected chi connectivity index (χ3v) is 6.68. The molecular weight excluding hydrogens is 577 g/mol. The Hall–Kier alpha value is -0.775. The summed E-state index contributed by atoms with van der Waals surface area (Å²) in [6, 6.07) is 5.60. The van der Waals surface area contributed by atoms with Gasteiger partial charge in [-0.25, -0.2) is 9.97 Å². The molecule has 2 unspecified atom stereocenters. The summed E-state index contributed by atoms with van der Waals surface area (Å²) in [6.07, 6.45) is 11.9. The van der Waals surface area contributed by atoms with Crippen LogP contribution in [-0.2, 0) is 0 Å². The molecule has 0 saturated heterocycles. The summed E-state index contributed by atoms with van der Waals surface area (Å²) in [7, 11) is 6.36. The highest BCUT2D eigenvalue weighted by molar-refractivity contribution is 14.1. The second-order valence-corrected chi connectivity index (χ2v) is 10.6. The molecule has 1 aliphatic rings. The fraction of sp³-hybridized carbons (Fsp3) is 0.500. The first-order valence-corrected chi connectivity index (χ1v) is 11.8. The smallest absolute Gasteiger partial charge is 0.270 e. The lowest BCUT2D eigenvalue weighted by molar-refractivity contribution is 0.0926. The topological polar surface area (TPSA) is 67.8 Å². The molecule has 0 spiro atoms. The molecule has 0 bridgehead atoms. The van der Waals surface area contributed by atoms with Gasteiger partial charge < -0.3 is 5.32 Å². The van der Waals surface area contributed by atoms with Crippen LogP contribution in [0, 0.1) is 3.70 Å². The predicted molar refractivity (Wildman–Crippen MR) is 129 cm³/mol. The molecule has 0 aromatic carbocycles. The molecule has 1 N–H and O–H groups in total. The molecule has 5 nitrogen and oxygen atoms in total. The molecule has 2 radical (unpaired) electrons. The maximum absolute atomic E-state index is 12.7. The second-order valence-electron chi connectivity index (χ2n) is 7.33. The van der Waals surface area contributed by atoms with Crippen molar-refractivity contribution in [2.24, 2.45) is 0 Å². The van der Waals surface area contributed by atoms with E-state index < -0.39 is 0 Å². The summed E-state index contributed by atoms with van der Waals surface area (Å²) in [6.45, 7) is 0. The summed E-state index contributed by atoms with van der Waals surface area (Å²) in [5.74, 6) is 0.494. The number of nitrogens with zero attached hydrogens (tertiary/aromatic N) is 3. The molecule has 146 valence electrons. The lowest BCUT2D eigenvalue weighted by Gasteiger charge is -2.27. The van der Waals surface area contributed by atoms with Gasteiger partial charge in [0.25, 0.3) is 5.91 Å². The van der Waals surface area contributed by atoms with Gasteiger partial charge in [0.05, 0.1) is 7.85 Å². The molecule has 3 rings (SSSR count). The van der Waals surface area contributed by atoms with Crippen LogP contribution in [0.1, 0.15) is 61.9 Å². The van der Waals surface area contributed by atoms with Gasteiger partial charge in [-0.1, -0.05) is 48.3 Å². The number of carbonyl (C=O) groups is 1. The number of aromatic nitrogens is 3. The van der Waals surface area contributed by atoms with Crippen LogP contribution in [0.25, 0.3) is 11.4 Å². The third kappa shape index (κ3) is 6.64. The standard InChI is InChI=1S/C20H23BI2N4O/c21-20(23)10-3-1-2-5-15(6-4-11-20)26-19(28)16-8-7-14(13-25-16)18-24-12-9-17(22)27-18/h7-9,12-13,15H,1-6,10-11H2,(H,26,28). The van der Waals surface area contributed by atoms with Gasteiger partial charge in [-0.05, 0) is 69.8 Å². The average Bonchev–Trinajstić information content (AvgIpc) is 2.67. The number of rotatable bonds is 3. The first-order chi connectivity index (χ1) is 13.4. The van der Waals surface area contributed by atoms with Gasteiger partial charge in [0.2, 0.25) is 0 Å². The monoisotopic (exact) mass is 600 g/mol. The highest BCUT2D eigenvalue weighted by Gasteiger charge is 2.22. The van der Waals surface area contributed by atoms with Gasteiger partial charge >= 0.3 is 0 Å². The molecule has 2 aromatic heterocycles. The van der Waals surface area contributed by atoms with Crippen LogP contribution in [0.15, 0.2) is 30.6 Å². The highest BCUT2D eigenvalue weighted by atomic mass is 127. The van der Waals surface area contributed by atoms with Crippen LogP contribution in [0.5, 0.6) is 0 Å². The summed E-state index contributed by atoms with van der Waals surface area (Å²) in [5, 5.41) is 3.17. The summed E-state index contributed by atoms with van der Waals surface area (Å²) >= 11 is 4.53. The van der Waals surface area contributed by atoms with Crippen molar-refractivity contribution in [3.63, 3.8) is 0 Å². The zero-order valence-corrected chi connectivity index (χ0v) is 20.0. The van der Waals surface area contributed by atoms with Crippen molar-refractivity contribution >= 4 is 58.9 Å². The Morgan fingerprint density at radius 1 is 1.11 bits per heavy atom. The number of alkyl halides is 1. The minimum absolute atomic E-state index is 0.113. The zero-order valence-electron chi connectivity index (χ0n) is 15.7. The number of hydrogen-bond donors (Lipinski definition) is 1. The van der Waals surface area contributed by atoms with Gasteiger partial charge in [0.15, 0.2) is 5.82 Å². The molecule has 2 heterocycles. The Kier molecular flexibility index (Phi) is 8.07. The van der Waals surface area contributed by atoms with Crippen LogP contribution in [0.4, 0.5) is 0 Å². The number of halogens is 2. The van der Waals surface area contributed by atoms with E-state index in [-0.39, 0.29) is 15.3 Å². The zero-order chi connectivity index (χ0) is 20.0. The predicted octanol–water partition coefficient (Wildman–Crippen LogP) is 4.68. The van der Waals surface area contributed by atoms with E-state index in [1.54, 1.807) is 18.5 Å². The molecule has 2 atom stereocenters. The van der Waals surface area contributed by atoms with Gasteiger partial charge in [-0.2, -0.15) is 0 Å². The number of hydrogen-bond acceptors (Lipinski definition) is 4. The Morgan fingerprint density at radius 2 is 1.89 bits per heavy atom. The number of pyridine rings is 1. The molecule has 1 fully saturated rings. The van der Waals surface area contributed by atoms with E-state index in [9.17, 15) is 4.79 Å². The maximum atomic E-state index is 12.7. The number of amides is 1. The van der Waals surface area contributed by atoms with E-state index >= 15 is 0 Å². The average molecular weight is 600 g/mol. The van der Waals surface area contributed by atoms with Crippen LogP contribution in [-0.4, -0.2) is 38.1 Å². The van der Waals surface area contributed by atoms with E-state index in [4.69, 9.17) is 7.85 Å². The Bertz CT molecular complexity index is 801. The van der Waals surface area contributed by atoms with E-state index in [2.05, 4.69) is 65.5 Å². The van der Waals surface area contributed by atoms with Crippen LogP contribution < -0.4 is 5.32 Å². The first-order valence-electron chi connectivity index (χ1n) is 9.67. The van der Waals surface area contributed by atoms with Crippen LogP contribution >= 0.6 is 45.2 Å². The van der Waals surface area contributed by atoms with Crippen LogP contribution in [0.2, 0.25) is 0 Å². The quantitative estimate of drug-likeness (QED) is 0.241. The van der Waals surface area contributed by atoms with Gasteiger partial charge in [0, 0.05) is 24.0 Å². The van der Waals surface area contributed by atoms with Crippen molar-refractivity contribution < 1.29 is 4.79 Å². The van der Waals surface area contributed by atoms with Crippen molar-refractivity contribution in [2.45, 2.75) is 60.7 Å². The van der Waals surface area contributed by atoms with Crippen molar-refractivity contribution in [3.8, 4) is 11.4 Å². The van der Waals surface area contributed by atoms with E-state index in [1.807, 2.05) is 12.1 Å². The van der Waals surface area contributed by atoms with Crippen molar-refractivity contribution in [1.82, 2.24) is 20.3 Å². The van der Waals surface area contributed by atoms with Crippen molar-refractivity contribution in [1.29, 1.82) is 0 Å². The third-order valence-electron chi connectivity index (χ3n) is 5.00. The van der Waals surface area contributed by atoms with E-state index in [0.29, 0.717) is 11.5 Å². The van der Waals surface area contributed by atoms with Crippen molar-refractivity contribution in [3.05, 3.63) is 40.0 Å². The second kappa shape index (κ2) is 10.3. The summed E-state index contributed by atoms with van der Waals surface area (Å²) in [5.41, 5.74) is 1.23. The SMILES string of the molecule is [B]C1(I)CCCCCC(NC(=O)c2ccc(-c3nccc(I)n3)cn2)CCC1. The van der Waals surface area contributed by atoms with Gasteiger partial charge in [0.1, 0.15) is 9.39 Å². The van der Waals surface area contributed by atoms with E-state index in [1.165, 1.54) is 0 Å². The lowest BCUT2D eigenvalue weighted by Crippen LogP contribution is -2.36. The molecule has 2 aromatic rings. The Labute approximate surface area is 195 Å². The minimum Gasteiger partial charge on any atom is -0.348 e. The first kappa shape index (κ1) is 21.9. The summed E-state index contributed by atoms with van der Waals surface area (Å²) in [4.78, 5) is 25.6. The normalized spacial score (nSPS) is 23.7. The maximum Gasteiger partial charge on any atom is 0.270 e. The molecule has 28 heavy (non-hydrogen) atoms. The van der Waals surface area contributed by atoms with Gasteiger partial charge in [-0.3, -0.25) is 9.78 Å². The Morgan fingerprint density at radius 3 is 2.64 bits per heavy atom. The van der Waals surface area contributed by atoms with Gasteiger partial charge in [-0.15, -0.1) is 0 Å². The molecular formula is C20H23BI2N4O. The minimum atomic E-state index is -0.120. The molecule has 1 saturated carbocycles. The molecule has 1 aliphatic carbocycles. The van der Waals surface area contributed by atoms with E-state index in [0.717, 1.165) is 60.6 Å². The lowest BCUT2D eigenvalue weighted by atomic mass is 9.77. The number of carbonyl (C=O) groups excluding carboxylic acids is 1. The number of nitrogens with one attached hydrogen (secondary N) is 1. The Balaban J connectivity index is 1.61. The molecule has 8 heteroatoms.